The van der Waals surface area contributed by atoms with E-state index in [2.05, 4.69) is 66.9 Å². The van der Waals surface area contributed by atoms with Gasteiger partial charge in [0.25, 0.3) is 0 Å². The third-order valence-corrected chi connectivity index (χ3v) is 3.78. The highest BCUT2D eigenvalue weighted by Gasteiger charge is 2.19. The molecule has 0 unspecified atom stereocenters. The van der Waals surface area contributed by atoms with Crippen LogP contribution in [0.2, 0.25) is 0 Å². The second-order valence-electron chi connectivity index (χ2n) is 5.28. The topological polar surface area (TPSA) is 3.24 Å². The zero-order valence-electron chi connectivity index (χ0n) is 11.4. The number of anilines is 1. The fraction of sp³-hybridized carbons (Fsp3) is 0.222. The summed E-state index contributed by atoms with van der Waals surface area (Å²) in [5.41, 5.74) is 6.62. The highest BCUT2D eigenvalue weighted by molar-refractivity contribution is 5.68. The van der Waals surface area contributed by atoms with Crippen LogP contribution in [0.4, 0.5) is 5.69 Å². The standard InChI is InChI=1S/C18H19N/c1-14(2)16-8-9-18-17(12-16)10-11-19(18)13-15-6-4-3-5-7-15/h3-9,12H,1,10-11,13H2,2H3. The van der Waals surface area contributed by atoms with Crippen molar-refractivity contribution in [2.24, 2.45) is 0 Å². The highest BCUT2D eigenvalue weighted by Crippen LogP contribution is 2.31. The van der Waals surface area contributed by atoms with E-state index in [0.29, 0.717) is 0 Å². The molecule has 0 aromatic heterocycles. The molecule has 3 rings (SSSR count). The van der Waals surface area contributed by atoms with Crippen molar-refractivity contribution in [3.8, 4) is 0 Å². The molecule has 1 heterocycles. The monoisotopic (exact) mass is 249 g/mol. The predicted molar refractivity (Wildman–Crippen MR) is 82.3 cm³/mol. The van der Waals surface area contributed by atoms with Gasteiger partial charge in [-0.3, -0.25) is 0 Å². The van der Waals surface area contributed by atoms with Crippen LogP contribution in [0.1, 0.15) is 23.6 Å². The lowest BCUT2D eigenvalue weighted by Crippen LogP contribution is -2.19. The maximum absolute atomic E-state index is 4.02. The van der Waals surface area contributed by atoms with Crippen LogP contribution in [-0.4, -0.2) is 6.54 Å². The van der Waals surface area contributed by atoms with Crippen molar-refractivity contribution in [3.05, 3.63) is 71.8 Å². The van der Waals surface area contributed by atoms with Crippen molar-refractivity contribution in [1.29, 1.82) is 0 Å². The van der Waals surface area contributed by atoms with Crippen molar-refractivity contribution in [1.82, 2.24) is 0 Å². The third-order valence-electron chi connectivity index (χ3n) is 3.78. The molecule has 0 radical (unpaired) electrons. The van der Waals surface area contributed by atoms with Crippen LogP contribution >= 0.6 is 0 Å². The van der Waals surface area contributed by atoms with Gasteiger partial charge in [0.2, 0.25) is 0 Å². The molecule has 0 fully saturated rings. The van der Waals surface area contributed by atoms with Gasteiger partial charge >= 0.3 is 0 Å². The van der Waals surface area contributed by atoms with E-state index in [1.165, 1.54) is 22.4 Å². The normalized spacial score (nSPS) is 13.4. The first kappa shape index (κ1) is 12.0. The quantitative estimate of drug-likeness (QED) is 0.784. The first-order valence-electron chi connectivity index (χ1n) is 6.82. The van der Waals surface area contributed by atoms with E-state index < -0.39 is 0 Å². The van der Waals surface area contributed by atoms with Gasteiger partial charge < -0.3 is 4.90 Å². The molecule has 0 bridgehead atoms. The zero-order valence-corrected chi connectivity index (χ0v) is 11.4. The largest absolute Gasteiger partial charge is 0.367 e. The van der Waals surface area contributed by atoms with Gasteiger partial charge in [-0.15, -0.1) is 0 Å². The molecular weight excluding hydrogens is 230 g/mol. The van der Waals surface area contributed by atoms with Crippen LogP contribution in [0.3, 0.4) is 0 Å². The molecule has 0 saturated carbocycles. The Morgan fingerprint density at radius 1 is 1.16 bits per heavy atom. The summed E-state index contributed by atoms with van der Waals surface area (Å²) >= 11 is 0. The molecule has 2 aromatic carbocycles. The number of rotatable bonds is 3. The van der Waals surface area contributed by atoms with Gasteiger partial charge in [0.05, 0.1) is 0 Å². The van der Waals surface area contributed by atoms with Crippen molar-refractivity contribution in [2.75, 3.05) is 11.4 Å². The van der Waals surface area contributed by atoms with Gasteiger partial charge in [-0.05, 0) is 42.2 Å². The molecule has 1 heteroatoms. The van der Waals surface area contributed by atoms with Crippen molar-refractivity contribution in [3.63, 3.8) is 0 Å². The summed E-state index contributed by atoms with van der Waals surface area (Å²) in [4.78, 5) is 2.47. The van der Waals surface area contributed by atoms with E-state index in [4.69, 9.17) is 0 Å². The number of fused-ring (bicyclic) bond motifs is 1. The summed E-state index contributed by atoms with van der Waals surface area (Å²) in [6.45, 7) is 8.21. The number of nitrogens with zero attached hydrogens (tertiary/aromatic N) is 1. The minimum atomic E-state index is 1.00. The Morgan fingerprint density at radius 3 is 2.68 bits per heavy atom. The molecule has 0 N–H and O–H groups in total. The summed E-state index contributed by atoms with van der Waals surface area (Å²) < 4.78 is 0. The van der Waals surface area contributed by atoms with Gasteiger partial charge in [0.1, 0.15) is 0 Å². The Balaban J connectivity index is 1.84. The maximum atomic E-state index is 4.02. The van der Waals surface area contributed by atoms with Crippen LogP contribution in [0.15, 0.2) is 55.1 Å². The molecule has 96 valence electrons. The minimum Gasteiger partial charge on any atom is -0.367 e. The molecule has 0 aliphatic carbocycles. The number of hydrogen-bond acceptors (Lipinski definition) is 1. The summed E-state index contributed by atoms with van der Waals surface area (Å²) in [5.74, 6) is 0. The molecular formula is C18H19N. The Hall–Kier alpha value is -2.02. The number of hydrogen-bond donors (Lipinski definition) is 0. The molecule has 0 spiro atoms. The molecule has 2 aromatic rings. The lowest BCUT2D eigenvalue weighted by atomic mass is 10.0. The number of allylic oxidation sites excluding steroid dienone is 1. The van der Waals surface area contributed by atoms with Crippen molar-refractivity contribution >= 4 is 11.3 Å². The molecule has 1 aliphatic heterocycles. The molecule has 1 nitrogen and oxygen atoms in total. The fourth-order valence-electron chi connectivity index (χ4n) is 2.70. The molecule has 0 atom stereocenters. The maximum Gasteiger partial charge on any atom is 0.0429 e. The van der Waals surface area contributed by atoms with Gasteiger partial charge in [-0.1, -0.05) is 48.6 Å². The Kier molecular flexibility index (Phi) is 3.12. The smallest absolute Gasteiger partial charge is 0.0429 e. The van der Waals surface area contributed by atoms with E-state index in [1.807, 2.05) is 0 Å². The van der Waals surface area contributed by atoms with Gasteiger partial charge in [-0.2, -0.15) is 0 Å². The first-order valence-corrected chi connectivity index (χ1v) is 6.82. The Morgan fingerprint density at radius 2 is 1.95 bits per heavy atom. The van der Waals surface area contributed by atoms with Crippen LogP contribution in [0, 0.1) is 0 Å². The summed E-state index contributed by atoms with van der Waals surface area (Å²) in [6.07, 6.45) is 1.14. The van der Waals surface area contributed by atoms with E-state index in [-0.39, 0.29) is 0 Å². The Labute approximate surface area is 115 Å². The van der Waals surface area contributed by atoms with Gasteiger partial charge in [0.15, 0.2) is 0 Å². The molecule has 0 amide bonds. The fourth-order valence-corrected chi connectivity index (χ4v) is 2.70. The second kappa shape index (κ2) is 4.93. The van der Waals surface area contributed by atoms with E-state index in [9.17, 15) is 0 Å². The lowest BCUT2D eigenvalue weighted by Gasteiger charge is -2.19. The van der Waals surface area contributed by atoms with E-state index in [1.54, 1.807) is 0 Å². The van der Waals surface area contributed by atoms with Gasteiger partial charge in [-0.25, -0.2) is 0 Å². The summed E-state index contributed by atoms with van der Waals surface area (Å²) in [6, 6.07) is 17.4. The van der Waals surface area contributed by atoms with Crippen molar-refractivity contribution < 1.29 is 0 Å². The van der Waals surface area contributed by atoms with Crippen LogP contribution in [0.25, 0.3) is 5.57 Å². The second-order valence-corrected chi connectivity index (χ2v) is 5.28. The van der Waals surface area contributed by atoms with E-state index in [0.717, 1.165) is 25.1 Å². The predicted octanol–water partition coefficient (Wildman–Crippen LogP) is 4.28. The number of benzene rings is 2. The van der Waals surface area contributed by atoms with Crippen LogP contribution in [-0.2, 0) is 13.0 Å². The summed E-state index contributed by atoms with van der Waals surface area (Å²) in [7, 11) is 0. The van der Waals surface area contributed by atoms with E-state index >= 15 is 0 Å². The highest BCUT2D eigenvalue weighted by atomic mass is 15.1. The first-order chi connectivity index (χ1) is 9.24. The average molecular weight is 249 g/mol. The van der Waals surface area contributed by atoms with Crippen LogP contribution < -0.4 is 4.90 Å². The molecule has 1 aliphatic rings. The van der Waals surface area contributed by atoms with Gasteiger partial charge in [0, 0.05) is 18.8 Å². The van der Waals surface area contributed by atoms with Crippen molar-refractivity contribution in [2.45, 2.75) is 19.9 Å². The minimum absolute atomic E-state index is 1.00. The Bertz CT molecular complexity index is 598. The summed E-state index contributed by atoms with van der Waals surface area (Å²) in [5, 5.41) is 0. The van der Waals surface area contributed by atoms with Crippen LogP contribution in [0.5, 0.6) is 0 Å². The molecule has 0 saturated heterocycles. The zero-order chi connectivity index (χ0) is 13.2. The molecule has 19 heavy (non-hydrogen) atoms. The SMILES string of the molecule is C=C(C)c1ccc2c(c1)CCN2Cc1ccccc1. The lowest BCUT2D eigenvalue weighted by molar-refractivity contribution is 0.836. The third kappa shape index (κ3) is 2.41. The average Bonchev–Trinajstić information content (AvgIpc) is 2.82.